The van der Waals surface area contributed by atoms with Crippen molar-refractivity contribution in [2.24, 2.45) is 0 Å². The van der Waals surface area contributed by atoms with Crippen LogP contribution in [0.25, 0.3) is 0 Å². The molecule has 0 heterocycles. The summed E-state index contributed by atoms with van der Waals surface area (Å²) in [7, 11) is 0. The van der Waals surface area contributed by atoms with Crippen molar-refractivity contribution in [3.05, 3.63) is 29.8 Å². The Labute approximate surface area is 107 Å². The number of hydrogen-bond acceptors (Lipinski definition) is 3. The summed E-state index contributed by atoms with van der Waals surface area (Å²) >= 11 is 6.02. The third-order valence-electron chi connectivity index (χ3n) is 2.35. The van der Waals surface area contributed by atoms with Crippen molar-refractivity contribution < 1.29 is 4.79 Å². The molecule has 0 saturated carbocycles. The Bertz CT molecular complexity index is 355. The molecule has 0 saturated heterocycles. The van der Waals surface area contributed by atoms with Crippen molar-refractivity contribution in [1.29, 1.82) is 0 Å². The summed E-state index contributed by atoms with van der Waals surface area (Å²) in [4.78, 5) is 12.5. The second-order valence-electron chi connectivity index (χ2n) is 3.64. The van der Waals surface area contributed by atoms with Gasteiger partial charge in [-0.3, -0.25) is 4.79 Å². The van der Waals surface area contributed by atoms with Gasteiger partial charge in [0.25, 0.3) is 5.91 Å². The van der Waals surface area contributed by atoms with Crippen molar-refractivity contribution >= 4 is 30.3 Å². The Morgan fingerprint density at radius 3 is 2.94 bits per heavy atom. The van der Waals surface area contributed by atoms with Crippen molar-refractivity contribution in [1.82, 2.24) is 5.32 Å². The molecule has 1 atom stereocenters. The van der Waals surface area contributed by atoms with Gasteiger partial charge in [-0.05, 0) is 30.9 Å². The lowest BCUT2D eigenvalue weighted by molar-refractivity contribution is 0.0953. The topological polar surface area (TPSA) is 29.1 Å². The van der Waals surface area contributed by atoms with Gasteiger partial charge in [0.15, 0.2) is 0 Å². The Morgan fingerprint density at radius 2 is 2.31 bits per heavy atom. The SMILES string of the molecule is CSC(C)CCNC(=O)c1cccc(S)c1. The molecule has 0 fully saturated rings. The van der Waals surface area contributed by atoms with Gasteiger partial charge in [0.2, 0.25) is 0 Å². The van der Waals surface area contributed by atoms with Gasteiger partial charge in [-0.25, -0.2) is 0 Å². The molecule has 1 rings (SSSR count). The van der Waals surface area contributed by atoms with E-state index in [0.717, 1.165) is 17.9 Å². The number of thioether (sulfide) groups is 1. The highest BCUT2D eigenvalue weighted by Gasteiger charge is 2.05. The Balaban J connectivity index is 2.41. The van der Waals surface area contributed by atoms with Crippen molar-refractivity contribution in [2.45, 2.75) is 23.5 Å². The molecule has 0 spiro atoms. The van der Waals surface area contributed by atoms with E-state index in [1.807, 2.05) is 23.9 Å². The molecule has 1 amide bonds. The zero-order valence-corrected chi connectivity index (χ0v) is 11.3. The first-order valence-electron chi connectivity index (χ1n) is 5.23. The molecule has 1 N–H and O–H groups in total. The van der Waals surface area contributed by atoms with Crippen LogP contribution >= 0.6 is 24.4 Å². The van der Waals surface area contributed by atoms with Crippen LogP contribution in [0.15, 0.2) is 29.2 Å². The molecule has 0 bridgehead atoms. The fourth-order valence-electron chi connectivity index (χ4n) is 1.26. The van der Waals surface area contributed by atoms with Crippen molar-refractivity contribution in [2.75, 3.05) is 12.8 Å². The number of nitrogens with one attached hydrogen (secondary N) is 1. The van der Waals surface area contributed by atoms with Crippen molar-refractivity contribution in [3.8, 4) is 0 Å². The van der Waals surface area contributed by atoms with Crippen LogP contribution in [0.5, 0.6) is 0 Å². The molecule has 0 aromatic heterocycles. The van der Waals surface area contributed by atoms with E-state index in [1.54, 1.807) is 12.1 Å². The first-order valence-corrected chi connectivity index (χ1v) is 6.97. The summed E-state index contributed by atoms with van der Waals surface area (Å²) in [5.74, 6) is -0.0239. The molecule has 1 aromatic carbocycles. The second kappa shape index (κ2) is 6.86. The summed E-state index contributed by atoms with van der Waals surface area (Å²) in [6.07, 6.45) is 3.07. The number of thiol groups is 1. The standard InChI is InChI=1S/C12H17NOS2/c1-9(16-2)6-7-13-12(14)10-4-3-5-11(15)8-10/h3-5,8-9,15H,6-7H2,1-2H3,(H,13,14). The average Bonchev–Trinajstić information content (AvgIpc) is 2.28. The minimum absolute atomic E-state index is 0.0239. The van der Waals surface area contributed by atoms with E-state index in [0.29, 0.717) is 10.8 Å². The van der Waals surface area contributed by atoms with Gasteiger partial charge in [-0.2, -0.15) is 11.8 Å². The van der Waals surface area contributed by atoms with Crippen LogP contribution in [0.2, 0.25) is 0 Å². The number of benzene rings is 1. The maximum atomic E-state index is 11.7. The number of carbonyl (C=O) groups is 1. The molecule has 0 aliphatic carbocycles. The molecule has 0 aliphatic rings. The summed E-state index contributed by atoms with van der Waals surface area (Å²) in [5, 5.41) is 3.49. The largest absolute Gasteiger partial charge is 0.352 e. The lowest BCUT2D eigenvalue weighted by Gasteiger charge is -2.09. The summed E-state index contributed by atoms with van der Waals surface area (Å²) in [6, 6.07) is 7.26. The van der Waals surface area contributed by atoms with Gasteiger partial charge in [0.05, 0.1) is 0 Å². The van der Waals surface area contributed by atoms with Gasteiger partial charge in [0, 0.05) is 22.3 Å². The number of rotatable bonds is 5. The molecular weight excluding hydrogens is 238 g/mol. The maximum Gasteiger partial charge on any atom is 0.251 e. The monoisotopic (exact) mass is 255 g/mol. The highest BCUT2D eigenvalue weighted by atomic mass is 32.2. The normalized spacial score (nSPS) is 12.2. The van der Waals surface area contributed by atoms with E-state index in [-0.39, 0.29) is 5.91 Å². The van der Waals surface area contributed by atoms with Crippen LogP contribution in [0, 0.1) is 0 Å². The van der Waals surface area contributed by atoms with Gasteiger partial charge in [-0.15, -0.1) is 12.6 Å². The van der Waals surface area contributed by atoms with E-state index in [9.17, 15) is 4.79 Å². The fraction of sp³-hybridized carbons (Fsp3) is 0.417. The summed E-state index contributed by atoms with van der Waals surface area (Å²) in [6.45, 7) is 2.88. The molecule has 0 radical (unpaired) electrons. The van der Waals surface area contributed by atoms with Gasteiger partial charge in [0.1, 0.15) is 0 Å². The molecule has 0 aliphatic heterocycles. The number of amides is 1. The molecule has 1 aromatic rings. The van der Waals surface area contributed by atoms with Crippen LogP contribution in [-0.2, 0) is 0 Å². The van der Waals surface area contributed by atoms with Gasteiger partial charge >= 0.3 is 0 Å². The van der Waals surface area contributed by atoms with Crippen molar-refractivity contribution in [3.63, 3.8) is 0 Å². The highest BCUT2D eigenvalue weighted by molar-refractivity contribution is 7.99. The first-order chi connectivity index (χ1) is 7.63. The molecule has 1 unspecified atom stereocenters. The average molecular weight is 255 g/mol. The third-order valence-corrected chi connectivity index (χ3v) is 3.67. The molecule has 4 heteroatoms. The minimum Gasteiger partial charge on any atom is -0.352 e. The van der Waals surface area contributed by atoms with Crippen LogP contribution in [0.3, 0.4) is 0 Å². The molecular formula is C12H17NOS2. The first kappa shape index (κ1) is 13.5. The predicted molar refractivity (Wildman–Crippen MR) is 73.6 cm³/mol. The van der Waals surface area contributed by atoms with E-state index in [1.165, 1.54) is 0 Å². The Kier molecular flexibility index (Phi) is 5.77. The highest BCUT2D eigenvalue weighted by Crippen LogP contribution is 2.10. The number of carbonyl (C=O) groups excluding carboxylic acids is 1. The van der Waals surface area contributed by atoms with Gasteiger partial charge in [-0.1, -0.05) is 13.0 Å². The van der Waals surface area contributed by atoms with Gasteiger partial charge < -0.3 is 5.32 Å². The molecule has 16 heavy (non-hydrogen) atoms. The Morgan fingerprint density at radius 1 is 1.56 bits per heavy atom. The zero-order valence-electron chi connectivity index (χ0n) is 9.56. The quantitative estimate of drug-likeness (QED) is 0.792. The second-order valence-corrected chi connectivity index (χ2v) is 5.43. The molecule has 88 valence electrons. The zero-order chi connectivity index (χ0) is 12.0. The smallest absolute Gasteiger partial charge is 0.251 e. The van der Waals surface area contributed by atoms with Crippen LogP contribution in [0.1, 0.15) is 23.7 Å². The number of hydrogen-bond donors (Lipinski definition) is 2. The lowest BCUT2D eigenvalue weighted by atomic mass is 10.2. The van der Waals surface area contributed by atoms with E-state index >= 15 is 0 Å². The molecule has 2 nitrogen and oxygen atoms in total. The fourth-order valence-corrected chi connectivity index (χ4v) is 1.83. The third kappa shape index (κ3) is 4.49. The summed E-state index contributed by atoms with van der Waals surface area (Å²) in [5.41, 5.74) is 0.671. The van der Waals surface area contributed by atoms with E-state index in [2.05, 4.69) is 31.1 Å². The summed E-state index contributed by atoms with van der Waals surface area (Å²) < 4.78 is 0. The van der Waals surface area contributed by atoms with Crippen LogP contribution in [0.4, 0.5) is 0 Å². The van der Waals surface area contributed by atoms with E-state index < -0.39 is 0 Å². The van der Waals surface area contributed by atoms with E-state index in [4.69, 9.17) is 0 Å². The Hall–Kier alpha value is -0.610. The lowest BCUT2D eigenvalue weighted by Crippen LogP contribution is -2.25. The minimum atomic E-state index is -0.0239. The maximum absolute atomic E-state index is 11.7. The predicted octanol–water partition coefficient (Wildman–Crippen LogP) is 2.85. The van der Waals surface area contributed by atoms with Crippen LogP contribution in [-0.4, -0.2) is 24.0 Å². The van der Waals surface area contributed by atoms with Crippen LogP contribution < -0.4 is 5.32 Å².